The number of anilines is 2. The first-order valence-corrected chi connectivity index (χ1v) is 25.1. The van der Waals surface area contributed by atoms with Crippen LogP contribution in [0.4, 0.5) is 24.5 Å². The number of nitrogens with one attached hydrogen (secondary N) is 2. The van der Waals surface area contributed by atoms with Crippen molar-refractivity contribution in [2.45, 2.75) is 97.6 Å². The Labute approximate surface area is 432 Å². The van der Waals surface area contributed by atoms with Gasteiger partial charge in [0, 0.05) is 37.0 Å². The number of rotatable bonds is 18. The minimum atomic E-state index is -4.81. The molecule has 2 aliphatic heterocycles. The van der Waals surface area contributed by atoms with Gasteiger partial charge in [-0.1, -0.05) is 57.2 Å². The molecule has 0 aliphatic carbocycles. The van der Waals surface area contributed by atoms with E-state index in [0.29, 0.717) is 62.6 Å². The Morgan fingerprint density at radius 1 is 0.959 bits per heavy atom. The molecular weight excluding hydrogens is 980 g/mol. The second-order valence-electron chi connectivity index (χ2n) is 19.4. The van der Waals surface area contributed by atoms with Gasteiger partial charge in [-0.15, -0.1) is 11.3 Å². The number of aromatic nitrogens is 1. The van der Waals surface area contributed by atoms with Crippen LogP contribution < -0.4 is 29.9 Å². The van der Waals surface area contributed by atoms with E-state index in [0.717, 1.165) is 49.9 Å². The zero-order valence-corrected chi connectivity index (χ0v) is 43.4. The fourth-order valence-electron chi connectivity index (χ4n) is 8.89. The number of nitrogens with zero attached hydrogens (tertiary/aromatic N) is 5. The average molecular weight is 1040 g/mol. The molecule has 2 N–H and O–H groups in total. The number of hydrogen-bond acceptors (Lipinski definition) is 11. The number of benzene rings is 4. The lowest BCUT2D eigenvalue weighted by molar-refractivity contribution is -0.144. The number of thiocarbonyl (C=S) groups is 1. The number of carbonyl (C=O) groups excluding carboxylic acids is 4. The van der Waals surface area contributed by atoms with Crippen molar-refractivity contribution in [3.63, 3.8) is 0 Å². The van der Waals surface area contributed by atoms with Crippen LogP contribution >= 0.6 is 23.6 Å². The fourth-order valence-corrected chi connectivity index (χ4v) is 10.2. The summed E-state index contributed by atoms with van der Waals surface area (Å²) in [5.41, 5.74) is 3.16. The highest BCUT2D eigenvalue weighted by molar-refractivity contribution is 7.81. The third-order valence-electron chi connectivity index (χ3n) is 12.8. The molecule has 2 aliphatic rings. The summed E-state index contributed by atoms with van der Waals surface area (Å²) in [6.07, 6.45) is -2.39. The molecule has 0 radical (unpaired) electrons. The molecule has 4 aromatic carbocycles. The highest BCUT2D eigenvalue weighted by Crippen LogP contribution is 2.41. The van der Waals surface area contributed by atoms with Crippen LogP contribution in [0.25, 0.3) is 21.6 Å². The minimum absolute atomic E-state index is 0.0112. The number of aryl methyl sites for hydroxylation is 1. The van der Waals surface area contributed by atoms with E-state index in [1.165, 1.54) is 6.07 Å². The number of nitriles is 1. The SMILES string of the molecule is COc1cc(OCCCCOCC(=O)NC(C(=O)N2CCC[C@H]2C(=O)NCc2ccc(-c3scnc3C)cc2)C(C)(C)C)ccc1-c1ccc(N2C(=S)N(c3ccc(C#N)c(C(F)(F)F)c3)C(=O)C2(C)C)cc1. The maximum atomic E-state index is 14.0. The molecule has 3 heterocycles. The van der Waals surface area contributed by atoms with E-state index < -0.39 is 52.2 Å². The monoisotopic (exact) mass is 1040 g/mol. The van der Waals surface area contributed by atoms with Gasteiger partial charge in [0.05, 0.1) is 52.7 Å². The van der Waals surface area contributed by atoms with Gasteiger partial charge in [-0.05, 0) is 123 Å². The molecule has 4 amide bonds. The number of unbranched alkanes of at least 4 members (excludes halogenated alkanes) is 1. The third kappa shape index (κ3) is 12.2. The number of carbonyl (C=O) groups is 4. The number of ether oxygens (including phenoxy) is 3. The van der Waals surface area contributed by atoms with Crippen molar-refractivity contribution in [1.29, 1.82) is 5.26 Å². The van der Waals surface area contributed by atoms with Gasteiger partial charge in [-0.3, -0.25) is 24.1 Å². The van der Waals surface area contributed by atoms with Crippen molar-refractivity contribution >= 4 is 63.7 Å². The van der Waals surface area contributed by atoms with E-state index in [9.17, 15) is 37.6 Å². The summed E-state index contributed by atoms with van der Waals surface area (Å²) in [7, 11) is 1.54. The van der Waals surface area contributed by atoms with Crippen LogP contribution in [0.2, 0.25) is 0 Å². The molecule has 1 unspecified atom stereocenters. The Bertz CT molecular complexity index is 2900. The summed E-state index contributed by atoms with van der Waals surface area (Å²) in [5, 5.41) is 15.1. The molecule has 14 nitrogen and oxygen atoms in total. The van der Waals surface area contributed by atoms with Gasteiger partial charge in [0.15, 0.2) is 5.11 Å². The zero-order chi connectivity index (χ0) is 52.8. The Hall–Kier alpha value is -6.88. The van der Waals surface area contributed by atoms with Crippen LogP contribution in [0.1, 0.15) is 82.7 Å². The van der Waals surface area contributed by atoms with E-state index in [1.54, 1.807) is 66.4 Å². The van der Waals surface area contributed by atoms with Gasteiger partial charge >= 0.3 is 6.18 Å². The highest BCUT2D eigenvalue weighted by atomic mass is 32.1. The molecule has 0 spiro atoms. The second kappa shape index (κ2) is 22.5. The minimum Gasteiger partial charge on any atom is -0.496 e. The molecule has 73 heavy (non-hydrogen) atoms. The molecule has 19 heteroatoms. The van der Waals surface area contributed by atoms with Crippen LogP contribution in [-0.4, -0.2) is 89.7 Å². The van der Waals surface area contributed by atoms with Gasteiger partial charge in [0.25, 0.3) is 5.91 Å². The van der Waals surface area contributed by atoms with Crippen LogP contribution in [0.15, 0.2) is 90.4 Å². The topological polar surface area (TPSA) is 166 Å². The number of amides is 4. The normalized spacial score (nSPS) is 16.1. The van der Waals surface area contributed by atoms with Gasteiger partial charge < -0.3 is 34.6 Å². The lowest BCUT2D eigenvalue weighted by Gasteiger charge is -2.35. The number of halogens is 3. The highest BCUT2D eigenvalue weighted by Gasteiger charge is 2.51. The van der Waals surface area contributed by atoms with Crippen molar-refractivity contribution in [2.75, 3.05) is 43.3 Å². The first-order valence-electron chi connectivity index (χ1n) is 23.8. The predicted molar refractivity (Wildman–Crippen MR) is 277 cm³/mol. The van der Waals surface area contributed by atoms with Crippen molar-refractivity contribution in [1.82, 2.24) is 20.5 Å². The van der Waals surface area contributed by atoms with E-state index in [1.807, 2.05) is 81.7 Å². The fraction of sp³-hybridized carbons (Fsp3) is 0.389. The third-order valence-corrected chi connectivity index (χ3v) is 14.2. The predicted octanol–water partition coefficient (Wildman–Crippen LogP) is 9.62. The largest absolute Gasteiger partial charge is 0.496 e. The van der Waals surface area contributed by atoms with Gasteiger partial charge in [0.2, 0.25) is 17.7 Å². The van der Waals surface area contributed by atoms with Crippen LogP contribution in [-0.2, 0) is 36.6 Å². The Morgan fingerprint density at radius 3 is 2.29 bits per heavy atom. The Balaban J connectivity index is 0.860. The number of hydrogen-bond donors (Lipinski definition) is 2. The number of methoxy groups -OCH3 is 1. The number of thiazole rings is 1. The molecule has 384 valence electrons. The van der Waals surface area contributed by atoms with E-state index in [-0.39, 0.29) is 35.8 Å². The van der Waals surface area contributed by atoms with Crippen LogP contribution in [0, 0.1) is 23.7 Å². The summed E-state index contributed by atoms with van der Waals surface area (Å²) in [6.45, 7) is 12.0. The quantitative estimate of drug-likeness (QED) is 0.0634. The molecule has 2 saturated heterocycles. The Morgan fingerprint density at radius 2 is 1.64 bits per heavy atom. The molecule has 0 bridgehead atoms. The molecule has 1 aromatic heterocycles. The van der Waals surface area contributed by atoms with E-state index in [4.69, 9.17) is 26.4 Å². The number of alkyl halides is 3. The van der Waals surface area contributed by atoms with Crippen molar-refractivity contribution in [3.8, 4) is 39.1 Å². The molecule has 0 saturated carbocycles. The molecule has 2 atom stereocenters. The van der Waals surface area contributed by atoms with Gasteiger partial charge in [-0.25, -0.2) is 4.98 Å². The smallest absolute Gasteiger partial charge is 0.417 e. The lowest BCUT2D eigenvalue weighted by Crippen LogP contribution is -2.58. The molecule has 2 fully saturated rings. The summed E-state index contributed by atoms with van der Waals surface area (Å²) in [5.74, 6) is -0.388. The van der Waals surface area contributed by atoms with Crippen molar-refractivity contribution in [3.05, 3.63) is 113 Å². The van der Waals surface area contributed by atoms with Crippen LogP contribution in [0.5, 0.6) is 11.5 Å². The van der Waals surface area contributed by atoms with Crippen molar-refractivity contribution in [2.24, 2.45) is 5.41 Å². The molecule has 7 rings (SSSR count). The summed E-state index contributed by atoms with van der Waals surface area (Å²) < 4.78 is 58.8. The standard InChI is InChI=1S/C54H58F3N7O7S2/c1-33-46(73-32-60-33)36-14-12-34(13-15-36)30-59-48(66)43-11-10-24-62(43)49(67)47(52(2,3)4)61-45(65)31-70-25-8-9-26-71-40-22-23-41(44(28-40)69-7)35-16-19-38(20-17-35)64-51(72)63(50(68)53(64,5)6)39-21-18-37(29-58)42(27-39)54(55,56)57/h12-23,27-28,32,43,47H,8-11,24-26,30-31H2,1-7H3,(H,59,66)(H,61,65)/t43-,47?/m0/s1. The lowest BCUT2D eigenvalue weighted by atomic mass is 9.85. The summed E-state index contributed by atoms with van der Waals surface area (Å²) >= 11 is 7.27. The van der Waals surface area contributed by atoms with Gasteiger partial charge in [0.1, 0.15) is 35.7 Å². The zero-order valence-electron chi connectivity index (χ0n) is 41.7. The maximum Gasteiger partial charge on any atom is 0.417 e. The van der Waals surface area contributed by atoms with Gasteiger partial charge in [-0.2, -0.15) is 18.4 Å². The molecule has 5 aromatic rings. The first kappa shape index (κ1) is 53.9. The van der Waals surface area contributed by atoms with E-state index in [2.05, 4.69) is 15.6 Å². The first-order chi connectivity index (χ1) is 34.6. The summed E-state index contributed by atoms with van der Waals surface area (Å²) in [6, 6.07) is 23.7. The summed E-state index contributed by atoms with van der Waals surface area (Å²) in [4.78, 5) is 63.9. The Kier molecular flexibility index (Phi) is 16.6. The van der Waals surface area contributed by atoms with E-state index >= 15 is 0 Å². The maximum absolute atomic E-state index is 14.0. The van der Waals surface area contributed by atoms with Crippen LogP contribution in [0.3, 0.4) is 0 Å². The number of likely N-dealkylation sites (tertiary alicyclic amines) is 1. The second-order valence-corrected chi connectivity index (χ2v) is 20.6. The average Bonchev–Trinajstić information content (AvgIpc) is 4.07. The molecular formula is C54H58F3N7O7S2. The van der Waals surface area contributed by atoms with Crippen molar-refractivity contribution < 1.29 is 46.6 Å².